The normalized spacial score (nSPS) is 9.81. The summed E-state index contributed by atoms with van der Waals surface area (Å²) in [5, 5.41) is 12.3. The van der Waals surface area contributed by atoms with Crippen molar-refractivity contribution in [3.05, 3.63) is 34.4 Å². The van der Waals surface area contributed by atoms with Crippen molar-refractivity contribution >= 4 is 15.9 Å². The summed E-state index contributed by atoms with van der Waals surface area (Å²) in [6.07, 6.45) is 0. The van der Waals surface area contributed by atoms with Crippen molar-refractivity contribution in [2.45, 2.75) is 0 Å². The molecule has 1 aromatic carbocycles. The van der Waals surface area contributed by atoms with Gasteiger partial charge in [0.2, 0.25) is 0 Å². The Hall–Kier alpha value is -1.80. The summed E-state index contributed by atoms with van der Waals surface area (Å²) in [4.78, 5) is 0. The number of methoxy groups -OCH3 is 1. The Kier molecular flexibility index (Phi) is 2.93. The van der Waals surface area contributed by atoms with Crippen LogP contribution in [0.15, 0.2) is 33.3 Å². The van der Waals surface area contributed by atoms with Crippen LogP contribution in [0.2, 0.25) is 0 Å². The van der Waals surface area contributed by atoms with Crippen molar-refractivity contribution in [2.75, 3.05) is 7.11 Å². The third kappa shape index (κ3) is 1.92. The summed E-state index contributed by atoms with van der Waals surface area (Å²) in [5.74, 6) is 1.18. The first kappa shape index (κ1) is 10.7. The highest BCUT2D eigenvalue weighted by Crippen LogP contribution is 2.32. The molecule has 0 atom stereocenters. The second-order valence-corrected chi connectivity index (χ2v) is 3.95. The van der Waals surface area contributed by atoms with Crippen LogP contribution in [0.1, 0.15) is 5.69 Å². The van der Waals surface area contributed by atoms with E-state index < -0.39 is 0 Å². The van der Waals surface area contributed by atoms with Gasteiger partial charge in [-0.05, 0) is 18.2 Å². The average Bonchev–Trinajstić information content (AvgIpc) is 2.77. The van der Waals surface area contributed by atoms with E-state index in [1.165, 1.54) is 0 Å². The Balaban J connectivity index is 2.54. The Bertz CT molecular complexity index is 557. The SMILES string of the molecule is COc1ccc(Br)cc1-c1cc(C#N)no1. The van der Waals surface area contributed by atoms with E-state index in [-0.39, 0.29) is 5.69 Å². The zero-order chi connectivity index (χ0) is 11.5. The lowest BCUT2D eigenvalue weighted by Gasteiger charge is -2.05. The lowest BCUT2D eigenvalue weighted by molar-refractivity contribution is 0.405. The van der Waals surface area contributed by atoms with E-state index >= 15 is 0 Å². The van der Waals surface area contributed by atoms with Crippen molar-refractivity contribution in [3.8, 4) is 23.1 Å². The molecule has 4 nitrogen and oxygen atoms in total. The Morgan fingerprint density at radius 1 is 1.44 bits per heavy atom. The number of nitriles is 1. The maximum absolute atomic E-state index is 8.67. The van der Waals surface area contributed by atoms with Gasteiger partial charge in [-0.3, -0.25) is 0 Å². The molecular weight excluding hydrogens is 272 g/mol. The second-order valence-electron chi connectivity index (χ2n) is 3.03. The highest BCUT2D eigenvalue weighted by molar-refractivity contribution is 9.10. The van der Waals surface area contributed by atoms with Gasteiger partial charge >= 0.3 is 0 Å². The number of benzene rings is 1. The number of halogens is 1. The molecule has 2 rings (SSSR count). The molecule has 0 aliphatic heterocycles. The quantitative estimate of drug-likeness (QED) is 0.847. The molecule has 0 fully saturated rings. The Labute approximate surface area is 101 Å². The predicted octanol–water partition coefficient (Wildman–Crippen LogP) is 2.98. The molecule has 80 valence electrons. The van der Waals surface area contributed by atoms with Crippen molar-refractivity contribution in [1.29, 1.82) is 5.26 Å². The van der Waals surface area contributed by atoms with Crippen LogP contribution in [0.5, 0.6) is 5.75 Å². The minimum absolute atomic E-state index is 0.247. The smallest absolute Gasteiger partial charge is 0.184 e. The summed E-state index contributed by atoms with van der Waals surface area (Å²) in [7, 11) is 1.58. The number of ether oxygens (including phenoxy) is 1. The molecule has 0 saturated heterocycles. The van der Waals surface area contributed by atoms with Gasteiger partial charge in [0.15, 0.2) is 11.5 Å². The van der Waals surface area contributed by atoms with Gasteiger partial charge in [-0.1, -0.05) is 21.1 Å². The van der Waals surface area contributed by atoms with Crippen LogP contribution >= 0.6 is 15.9 Å². The highest BCUT2D eigenvalue weighted by atomic mass is 79.9. The predicted molar refractivity (Wildman–Crippen MR) is 60.9 cm³/mol. The number of hydrogen-bond acceptors (Lipinski definition) is 4. The van der Waals surface area contributed by atoms with Crippen LogP contribution in [0, 0.1) is 11.3 Å². The van der Waals surface area contributed by atoms with E-state index in [4.69, 9.17) is 14.5 Å². The van der Waals surface area contributed by atoms with Gasteiger partial charge in [-0.25, -0.2) is 0 Å². The van der Waals surface area contributed by atoms with Crippen LogP contribution in [0.25, 0.3) is 11.3 Å². The van der Waals surface area contributed by atoms with Gasteiger partial charge in [0.1, 0.15) is 11.8 Å². The first-order chi connectivity index (χ1) is 7.74. The maximum atomic E-state index is 8.67. The first-order valence-electron chi connectivity index (χ1n) is 4.45. The number of hydrogen-bond donors (Lipinski definition) is 0. The molecule has 0 spiro atoms. The molecule has 0 N–H and O–H groups in total. The monoisotopic (exact) mass is 278 g/mol. The van der Waals surface area contributed by atoms with Crippen LogP contribution in [-0.4, -0.2) is 12.3 Å². The zero-order valence-electron chi connectivity index (χ0n) is 8.40. The minimum Gasteiger partial charge on any atom is -0.496 e. The van der Waals surface area contributed by atoms with Crippen LogP contribution in [0.3, 0.4) is 0 Å². The lowest BCUT2D eigenvalue weighted by atomic mass is 10.1. The van der Waals surface area contributed by atoms with E-state index in [1.54, 1.807) is 13.2 Å². The molecule has 5 heteroatoms. The van der Waals surface area contributed by atoms with Gasteiger partial charge in [0, 0.05) is 10.5 Å². The van der Waals surface area contributed by atoms with Crippen molar-refractivity contribution in [3.63, 3.8) is 0 Å². The van der Waals surface area contributed by atoms with Gasteiger partial charge < -0.3 is 9.26 Å². The molecule has 0 saturated carbocycles. The topological polar surface area (TPSA) is 59.0 Å². The molecule has 1 aromatic heterocycles. The summed E-state index contributed by atoms with van der Waals surface area (Å²) >= 11 is 3.36. The Morgan fingerprint density at radius 2 is 2.25 bits per heavy atom. The van der Waals surface area contributed by atoms with E-state index in [1.807, 2.05) is 24.3 Å². The zero-order valence-corrected chi connectivity index (χ0v) is 9.98. The van der Waals surface area contributed by atoms with E-state index in [9.17, 15) is 0 Å². The molecule has 1 heterocycles. The van der Waals surface area contributed by atoms with E-state index in [2.05, 4.69) is 21.1 Å². The maximum Gasteiger partial charge on any atom is 0.184 e. The first-order valence-corrected chi connectivity index (χ1v) is 5.24. The Morgan fingerprint density at radius 3 is 2.88 bits per heavy atom. The molecule has 0 aliphatic rings. The molecule has 2 aromatic rings. The molecule has 0 amide bonds. The molecule has 0 unspecified atom stereocenters. The average molecular weight is 279 g/mol. The number of rotatable bonds is 2. The summed E-state index contributed by atoms with van der Waals surface area (Å²) in [6.45, 7) is 0. The van der Waals surface area contributed by atoms with Crippen molar-refractivity contribution in [2.24, 2.45) is 0 Å². The van der Waals surface area contributed by atoms with Gasteiger partial charge in [0.25, 0.3) is 0 Å². The van der Waals surface area contributed by atoms with Crippen LogP contribution in [-0.2, 0) is 0 Å². The number of nitrogens with zero attached hydrogens (tertiary/aromatic N) is 2. The minimum atomic E-state index is 0.247. The van der Waals surface area contributed by atoms with Gasteiger partial charge in [0.05, 0.1) is 12.7 Å². The third-order valence-corrected chi connectivity index (χ3v) is 2.54. The van der Waals surface area contributed by atoms with Crippen molar-refractivity contribution < 1.29 is 9.26 Å². The lowest BCUT2D eigenvalue weighted by Crippen LogP contribution is -1.86. The molecule has 0 radical (unpaired) electrons. The molecular formula is C11H7BrN2O2. The largest absolute Gasteiger partial charge is 0.496 e. The van der Waals surface area contributed by atoms with E-state index in [0.29, 0.717) is 11.5 Å². The van der Waals surface area contributed by atoms with Crippen LogP contribution in [0.4, 0.5) is 0 Å². The second kappa shape index (κ2) is 4.37. The van der Waals surface area contributed by atoms with Gasteiger partial charge in [-0.2, -0.15) is 5.26 Å². The summed E-state index contributed by atoms with van der Waals surface area (Å²) < 4.78 is 11.2. The standard InChI is InChI=1S/C11H7BrN2O2/c1-15-10-3-2-7(12)4-9(10)11-5-8(6-13)14-16-11/h2-5H,1H3. The fourth-order valence-electron chi connectivity index (χ4n) is 1.33. The highest BCUT2D eigenvalue weighted by Gasteiger charge is 2.12. The molecule has 0 aliphatic carbocycles. The van der Waals surface area contributed by atoms with Crippen molar-refractivity contribution in [1.82, 2.24) is 5.16 Å². The summed E-state index contributed by atoms with van der Waals surface area (Å²) in [5.41, 5.74) is 1.00. The number of aromatic nitrogens is 1. The fourth-order valence-corrected chi connectivity index (χ4v) is 1.69. The molecule has 16 heavy (non-hydrogen) atoms. The third-order valence-electron chi connectivity index (χ3n) is 2.05. The van der Waals surface area contributed by atoms with Crippen LogP contribution < -0.4 is 4.74 Å². The fraction of sp³-hybridized carbons (Fsp3) is 0.0909. The van der Waals surface area contributed by atoms with Gasteiger partial charge in [-0.15, -0.1) is 0 Å². The molecule has 0 bridgehead atoms. The van der Waals surface area contributed by atoms with E-state index in [0.717, 1.165) is 10.0 Å². The summed E-state index contributed by atoms with van der Waals surface area (Å²) in [6, 6.07) is 9.01.